The average Bonchev–Trinajstić information content (AvgIpc) is 2.41. The van der Waals surface area contributed by atoms with Crippen LogP contribution in [0.5, 0.6) is 0 Å². The lowest BCUT2D eigenvalue weighted by atomic mass is 10.1. The molecule has 0 aliphatic heterocycles. The first-order chi connectivity index (χ1) is 9.16. The highest BCUT2D eigenvalue weighted by atomic mass is 15.1. The van der Waals surface area contributed by atoms with Gasteiger partial charge in [0.15, 0.2) is 0 Å². The van der Waals surface area contributed by atoms with Crippen molar-refractivity contribution in [2.75, 3.05) is 30.9 Å². The zero-order valence-corrected chi connectivity index (χ0v) is 12.0. The van der Waals surface area contributed by atoms with E-state index in [0.717, 1.165) is 13.0 Å². The molecule has 19 heavy (non-hydrogen) atoms. The minimum atomic E-state index is 0.964. The molecule has 0 radical (unpaired) electrons. The van der Waals surface area contributed by atoms with Gasteiger partial charge in [-0.2, -0.15) is 0 Å². The Morgan fingerprint density at radius 1 is 1.00 bits per heavy atom. The van der Waals surface area contributed by atoms with Gasteiger partial charge in [0.2, 0.25) is 0 Å². The van der Waals surface area contributed by atoms with Gasteiger partial charge in [0, 0.05) is 32.0 Å². The fourth-order valence-corrected chi connectivity index (χ4v) is 2.11. The Morgan fingerprint density at radius 3 is 2.37 bits per heavy atom. The molecule has 0 bridgehead atoms. The van der Waals surface area contributed by atoms with Crippen LogP contribution < -0.4 is 10.2 Å². The van der Waals surface area contributed by atoms with Crippen LogP contribution in [0, 0.1) is 6.92 Å². The van der Waals surface area contributed by atoms with Crippen molar-refractivity contribution in [2.24, 2.45) is 0 Å². The van der Waals surface area contributed by atoms with Crippen LogP contribution in [0.3, 0.4) is 0 Å². The van der Waals surface area contributed by atoms with Crippen molar-refractivity contribution in [3.05, 3.63) is 59.7 Å². The summed E-state index contributed by atoms with van der Waals surface area (Å²) in [6.45, 7) is 3.12. The number of anilines is 2. The molecule has 2 nitrogen and oxygen atoms in total. The molecule has 2 heteroatoms. The summed E-state index contributed by atoms with van der Waals surface area (Å²) in [5, 5.41) is 3.51. The van der Waals surface area contributed by atoms with Crippen molar-refractivity contribution >= 4 is 11.4 Å². The first-order valence-electron chi connectivity index (χ1n) is 6.72. The lowest BCUT2D eigenvalue weighted by Gasteiger charge is -2.16. The Morgan fingerprint density at radius 2 is 1.74 bits per heavy atom. The van der Waals surface area contributed by atoms with Gasteiger partial charge in [-0.3, -0.25) is 0 Å². The maximum Gasteiger partial charge on any atom is 0.0371 e. The molecule has 0 unspecified atom stereocenters. The summed E-state index contributed by atoms with van der Waals surface area (Å²) < 4.78 is 0. The average molecular weight is 254 g/mol. The maximum atomic E-state index is 3.51. The third-order valence-electron chi connectivity index (χ3n) is 3.30. The number of rotatable bonds is 5. The van der Waals surface area contributed by atoms with E-state index in [-0.39, 0.29) is 0 Å². The van der Waals surface area contributed by atoms with E-state index in [2.05, 4.69) is 79.8 Å². The number of nitrogens with zero attached hydrogens (tertiary/aromatic N) is 1. The molecule has 0 saturated heterocycles. The summed E-state index contributed by atoms with van der Waals surface area (Å²) in [7, 11) is 4.13. The molecular weight excluding hydrogens is 232 g/mol. The summed E-state index contributed by atoms with van der Waals surface area (Å²) in [6.07, 6.45) is 1.05. The van der Waals surface area contributed by atoms with Gasteiger partial charge >= 0.3 is 0 Å². The van der Waals surface area contributed by atoms with E-state index < -0.39 is 0 Å². The van der Waals surface area contributed by atoms with Gasteiger partial charge in [-0.1, -0.05) is 30.3 Å². The minimum Gasteiger partial charge on any atom is -0.384 e. The van der Waals surface area contributed by atoms with E-state index in [0.29, 0.717) is 0 Å². The van der Waals surface area contributed by atoms with E-state index in [1.807, 2.05) is 0 Å². The molecule has 2 rings (SSSR count). The number of aryl methyl sites for hydroxylation is 1. The van der Waals surface area contributed by atoms with E-state index >= 15 is 0 Å². The number of hydrogen-bond donors (Lipinski definition) is 1. The van der Waals surface area contributed by atoms with Crippen molar-refractivity contribution in [1.29, 1.82) is 0 Å². The normalized spacial score (nSPS) is 10.3. The van der Waals surface area contributed by atoms with Gasteiger partial charge in [-0.15, -0.1) is 0 Å². The predicted molar refractivity (Wildman–Crippen MR) is 84.1 cm³/mol. The van der Waals surface area contributed by atoms with Crippen LogP contribution in [0.15, 0.2) is 48.5 Å². The fourth-order valence-electron chi connectivity index (χ4n) is 2.11. The third-order valence-corrected chi connectivity index (χ3v) is 3.30. The summed E-state index contributed by atoms with van der Waals surface area (Å²) in [5.41, 5.74) is 5.13. The molecule has 2 aromatic carbocycles. The van der Waals surface area contributed by atoms with Crippen LogP contribution in [-0.4, -0.2) is 20.6 Å². The predicted octanol–water partition coefficient (Wildman–Crippen LogP) is 3.72. The minimum absolute atomic E-state index is 0.964. The monoisotopic (exact) mass is 254 g/mol. The van der Waals surface area contributed by atoms with Crippen LogP contribution in [0.25, 0.3) is 0 Å². The SMILES string of the molecule is Cc1cc(N(C)C)ccc1NCCc1ccccc1. The van der Waals surface area contributed by atoms with Crippen molar-refractivity contribution in [3.8, 4) is 0 Å². The van der Waals surface area contributed by atoms with Crippen molar-refractivity contribution < 1.29 is 0 Å². The summed E-state index contributed by atoms with van der Waals surface area (Å²) in [4.78, 5) is 2.13. The summed E-state index contributed by atoms with van der Waals surface area (Å²) in [6, 6.07) is 17.1. The molecular formula is C17H22N2. The zero-order chi connectivity index (χ0) is 13.7. The Balaban J connectivity index is 1.93. The molecule has 0 aliphatic carbocycles. The van der Waals surface area contributed by atoms with Crippen LogP contribution in [-0.2, 0) is 6.42 Å². The fraction of sp³-hybridized carbons (Fsp3) is 0.294. The molecule has 0 amide bonds. The third kappa shape index (κ3) is 3.75. The van der Waals surface area contributed by atoms with Gasteiger partial charge < -0.3 is 10.2 Å². The van der Waals surface area contributed by atoms with Gasteiger partial charge in [-0.05, 0) is 42.7 Å². The molecule has 100 valence electrons. The molecule has 2 aromatic rings. The second-order valence-electron chi connectivity index (χ2n) is 5.06. The molecule has 0 atom stereocenters. The van der Waals surface area contributed by atoms with E-state index in [1.54, 1.807) is 0 Å². The molecule has 0 aromatic heterocycles. The molecule has 0 fully saturated rings. The van der Waals surface area contributed by atoms with Crippen LogP contribution in [0.4, 0.5) is 11.4 Å². The Hall–Kier alpha value is -1.96. The number of hydrogen-bond acceptors (Lipinski definition) is 2. The first kappa shape index (κ1) is 13.5. The lowest BCUT2D eigenvalue weighted by Crippen LogP contribution is -2.10. The van der Waals surface area contributed by atoms with Crippen molar-refractivity contribution in [2.45, 2.75) is 13.3 Å². The highest BCUT2D eigenvalue weighted by Crippen LogP contribution is 2.21. The lowest BCUT2D eigenvalue weighted by molar-refractivity contribution is 1.02. The highest BCUT2D eigenvalue weighted by Gasteiger charge is 2.01. The van der Waals surface area contributed by atoms with Gasteiger partial charge in [0.05, 0.1) is 0 Å². The standard InChI is InChI=1S/C17H22N2/c1-14-13-16(19(2)3)9-10-17(14)18-12-11-15-7-5-4-6-8-15/h4-10,13,18H,11-12H2,1-3H3. The molecule has 0 heterocycles. The molecule has 0 aliphatic rings. The summed E-state index contributed by atoms with van der Waals surface area (Å²) in [5.74, 6) is 0. The van der Waals surface area contributed by atoms with Gasteiger partial charge in [0.25, 0.3) is 0 Å². The second-order valence-corrected chi connectivity index (χ2v) is 5.06. The van der Waals surface area contributed by atoms with Crippen LogP contribution in [0.1, 0.15) is 11.1 Å². The van der Waals surface area contributed by atoms with Crippen molar-refractivity contribution in [1.82, 2.24) is 0 Å². The van der Waals surface area contributed by atoms with E-state index in [4.69, 9.17) is 0 Å². The Labute approximate surface area is 116 Å². The van der Waals surface area contributed by atoms with Crippen LogP contribution in [0.2, 0.25) is 0 Å². The maximum absolute atomic E-state index is 3.51. The van der Waals surface area contributed by atoms with Gasteiger partial charge in [-0.25, -0.2) is 0 Å². The Bertz CT molecular complexity index is 518. The second kappa shape index (κ2) is 6.28. The van der Waals surface area contributed by atoms with E-state index in [9.17, 15) is 0 Å². The summed E-state index contributed by atoms with van der Waals surface area (Å²) >= 11 is 0. The quantitative estimate of drug-likeness (QED) is 0.875. The first-order valence-corrected chi connectivity index (χ1v) is 6.72. The van der Waals surface area contributed by atoms with E-state index in [1.165, 1.54) is 22.5 Å². The molecule has 0 spiro atoms. The van der Waals surface area contributed by atoms with Crippen molar-refractivity contribution in [3.63, 3.8) is 0 Å². The number of nitrogens with one attached hydrogen (secondary N) is 1. The zero-order valence-electron chi connectivity index (χ0n) is 12.0. The van der Waals surface area contributed by atoms with Gasteiger partial charge in [0.1, 0.15) is 0 Å². The number of benzene rings is 2. The topological polar surface area (TPSA) is 15.3 Å². The molecule has 1 N–H and O–H groups in total. The molecule has 0 saturated carbocycles. The largest absolute Gasteiger partial charge is 0.384 e. The Kier molecular flexibility index (Phi) is 4.45. The smallest absolute Gasteiger partial charge is 0.0371 e. The van der Waals surface area contributed by atoms with Crippen LogP contribution >= 0.6 is 0 Å². The highest BCUT2D eigenvalue weighted by molar-refractivity contribution is 5.59.